The molecule has 4 N–H and O–H groups in total. The first kappa shape index (κ1) is 15.8. The minimum absolute atomic E-state index is 0.0687. The molecule has 2 rings (SSSR count). The lowest BCUT2D eigenvalue weighted by Crippen LogP contribution is -2.42. The van der Waals surface area contributed by atoms with Gasteiger partial charge < -0.3 is 15.6 Å². The van der Waals surface area contributed by atoms with Crippen molar-refractivity contribution in [3.63, 3.8) is 0 Å². The van der Waals surface area contributed by atoms with Gasteiger partial charge in [-0.1, -0.05) is 0 Å². The van der Waals surface area contributed by atoms with E-state index in [-0.39, 0.29) is 17.7 Å². The summed E-state index contributed by atoms with van der Waals surface area (Å²) in [4.78, 5) is 9.07. The molecule has 0 amide bonds. The van der Waals surface area contributed by atoms with Gasteiger partial charge in [-0.05, 0) is 26.8 Å². The molecule has 2 unspecified atom stereocenters. The summed E-state index contributed by atoms with van der Waals surface area (Å²) in [5.41, 5.74) is 2.13. The lowest BCUT2D eigenvalue weighted by Gasteiger charge is -2.35. The number of nitrogen functional groups attached to an aromatic ring is 1. The quantitative estimate of drug-likeness (QED) is 0.582. The van der Waals surface area contributed by atoms with Crippen LogP contribution < -0.4 is 16.6 Å². The Labute approximate surface area is 120 Å². The minimum Gasteiger partial charge on any atom is -0.367 e. The number of halogens is 3. The van der Waals surface area contributed by atoms with Gasteiger partial charge in [-0.3, -0.25) is 0 Å². The van der Waals surface area contributed by atoms with Gasteiger partial charge in [-0.2, -0.15) is 13.2 Å². The molecule has 21 heavy (non-hydrogen) atoms. The van der Waals surface area contributed by atoms with Crippen LogP contribution in [0, 0.1) is 0 Å². The van der Waals surface area contributed by atoms with Crippen molar-refractivity contribution in [2.45, 2.75) is 38.0 Å². The van der Waals surface area contributed by atoms with Gasteiger partial charge in [-0.25, -0.2) is 15.8 Å². The van der Waals surface area contributed by atoms with Crippen molar-refractivity contribution >= 4 is 11.6 Å². The second-order valence-electron chi connectivity index (χ2n) is 5.30. The molecule has 1 aliphatic rings. The highest BCUT2D eigenvalue weighted by atomic mass is 19.4. The van der Waals surface area contributed by atoms with Crippen molar-refractivity contribution in [3.05, 3.63) is 11.9 Å². The summed E-state index contributed by atoms with van der Waals surface area (Å²) in [6.45, 7) is 2.97. The maximum absolute atomic E-state index is 12.7. The van der Waals surface area contributed by atoms with Crippen LogP contribution in [0.3, 0.4) is 0 Å². The first-order chi connectivity index (χ1) is 9.79. The fourth-order valence-corrected chi connectivity index (χ4v) is 2.35. The molecule has 1 aromatic heterocycles. The number of aromatic nitrogens is 2. The van der Waals surface area contributed by atoms with Crippen LogP contribution in [0.2, 0.25) is 0 Å². The number of hydrogen-bond acceptors (Lipinski definition) is 6. The molecular formula is C12H19F3N6. The third-order valence-corrected chi connectivity index (χ3v) is 3.69. The number of rotatable bonds is 3. The zero-order chi connectivity index (χ0) is 15.6. The molecular weight excluding hydrogens is 285 g/mol. The smallest absolute Gasteiger partial charge is 0.367 e. The lowest BCUT2D eigenvalue weighted by atomic mass is 9.99. The number of nitrogens with one attached hydrogen (secondary N) is 2. The Morgan fingerprint density at radius 3 is 2.57 bits per heavy atom. The van der Waals surface area contributed by atoms with E-state index in [2.05, 4.69) is 32.5 Å². The van der Waals surface area contributed by atoms with E-state index in [0.29, 0.717) is 6.04 Å². The number of likely N-dealkylation sites (tertiary alicyclic amines) is 1. The molecule has 0 aromatic carbocycles. The number of alkyl halides is 3. The topological polar surface area (TPSA) is 79.1 Å². The highest BCUT2D eigenvalue weighted by molar-refractivity contribution is 5.47. The Morgan fingerprint density at radius 1 is 1.33 bits per heavy atom. The van der Waals surface area contributed by atoms with Gasteiger partial charge in [0.05, 0.1) is 0 Å². The van der Waals surface area contributed by atoms with E-state index < -0.39 is 12.0 Å². The van der Waals surface area contributed by atoms with E-state index in [0.717, 1.165) is 19.4 Å². The number of nitrogens with two attached hydrogens (primary N) is 1. The SMILES string of the molecule is CC1CC(Nc2cc(NN)nc(C(F)(F)F)n2)CCN1C. The van der Waals surface area contributed by atoms with Crippen molar-refractivity contribution in [2.75, 3.05) is 24.3 Å². The molecule has 0 bridgehead atoms. The van der Waals surface area contributed by atoms with Crippen LogP contribution in [0.1, 0.15) is 25.6 Å². The Kier molecular flexibility index (Phi) is 4.52. The fourth-order valence-electron chi connectivity index (χ4n) is 2.35. The van der Waals surface area contributed by atoms with E-state index in [4.69, 9.17) is 5.84 Å². The van der Waals surface area contributed by atoms with Gasteiger partial charge in [0.25, 0.3) is 0 Å². The molecule has 0 radical (unpaired) electrons. The number of hydrogen-bond donors (Lipinski definition) is 3. The van der Waals surface area contributed by atoms with Gasteiger partial charge >= 0.3 is 6.18 Å². The van der Waals surface area contributed by atoms with Gasteiger partial charge in [0.1, 0.15) is 11.6 Å². The van der Waals surface area contributed by atoms with Crippen LogP contribution in [0.5, 0.6) is 0 Å². The Balaban J connectivity index is 2.16. The number of hydrazine groups is 1. The van der Waals surface area contributed by atoms with E-state index in [1.807, 2.05) is 7.05 Å². The van der Waals surface area contributed by atoms with E-state index >= 15 is 0 Å². The predicted molar refractivity (Wildman–Crippen MR) is 73.6 cm³/mol. The number of nitrogens with zero attached hydrogens (tertiary/aromatic N) is 3. The average molecular weight is 304 g/mol. The number of piperidine rings is 1. The van der Waals surface area contributed by atoms with Gasteiger partial charge in [0, 0.05) is 24.7 Å². The third kappa shape index (κ3) is 3.94. The molecule has 1 aromatic rings. The maximum Gasteiger partial charge on any atom is 0.451 e. The summed E-state index contributed by atoms with van der Waals surface area (Å²) in [5.74, 6) is 4.02. The molecule has 6 nitrogen and oxygen atoms in total. The monoisotopic (exact) mass is 304 g/mol. The van der Waals surface area contributed by atoms with E-state index in [1.54, 1.807) is 0 Å². The van der Waals surface area contributed by atoms with Gasteiger partial charge in [-0.15, -0.1) is 0 Å². The third-order valence-electron chi connectivity index (χ3n) is 3.69. The largest absolute Gasteiger partial charge is 0.451 e. The number of anilines is 2. The molecule has 1 saturated heterocycles. The Hall–Kier alpha value is -1.61. The predicted octanol–water partition coefficient (Wildman–Crippen LogP) is 1.68. The molecule has 2 heterocycles. The Bertz CT molecular complexity index is 492. The van der Waals surface area contributed by atoms with Crippen LogP contribution >= 0.6 is 0 Å². The summed E-state index contributed by atoms with van der Waals surface area (Å²) in [5, 5.41) is 3.05. The van der Waals surface area contributed by atoms with Crippen LogP contribution in [-0.4, -0.2) is 40.5 Å². The summed E-state index contributed by atoms with van der Waals surface area (Å²) in [6.07, 6.45) is -2.92. The zero-order valence-corrected chi connectivity index (χ0v) is 11.9. The lowest BCUT2D eigenvalue weighted by molar-refractivity contribution is -0.144. The van der Waals surface area contributed by atoms with Gasteiger partial charge in [0.15, 0.2) is 0 Å². The van der Waals surface area contributed by atoms with Crippen molar-refractivity contribution < 1.29 is 13.2 Å². The Morgan fingerprint density at radius 2 is 2.00 bits per heavy atom. The molecule has 0 saturated carbocycles. The second kappa shape index (κ2) is 6.02. The summed E-state index contributed by atoms with van der Waals surface area (Å²) < 4.78 is 38.2. The molecule has 0 aliphatic carbocycles. The van der Waals surface area contributed by atoms with Crippen LogP contribution in [0.15, 0.2) is 6.07 Å². The van der Waals surface area contributed by atoms with Crippen LogP contribution in [0.4, 0.5) is 24.8 Å². The molecule has 118 valence electrons. The standard InChI is InChI=1S/C12H19F3N6/c1-7-5-8(3-4-21(7)2)17-9-6-10(20-16)19-11(18-9)12(13,14)15/h6-8H,3-5,16H2,1-2H3,(H2,17,18,19,20). The second-order valence-corrected chi connectivity index (χ2v) is 5.30. The van der Waals surface area contributed by atoms with Crippen molar-refractivity contribution in [1.82, 2.24) is 14.9 Å². The molecule has 1 aliphatic heterocycles. The molecule has 9 heteroatoms. The summed E-state index contributed by atoms with van der Waals surface area (Å²) in [6, 6.07) is 1.82. The van der Waals surface area contributed by atoms with Crippen molar-refractivity contribution in [1.29, 1.82) is 0 Å². The molecule has 1 fully saturated rings. The minimum atomic E-state index is -4.61. The maximum atomic E-state index is 12.7. The first-order valence-corrected chi connectivity index (χ1v) is 6.69. The molecule has 0 spiro atoms. The van der Waals surface area contributed by atoms with Crippen molar-refractivity contribution in [2.24, 2.45) is 5.84 Å². The van der Waals surface area contributed by atoms with Crippen LogP contribution in [0.25, 0.3) is 0 Å². The van der Waals surface area contributed by atoms with Gasteiger partial charge in [0.2, 0.25) is 5.82 Å². The fraction of sp³-hybridized carbons (Fsp3) is 0.667. The van der Waals surface area contributed by atoms with Crippen molar-refractivity contribution in [3.8, 4) is 0 Å². The molecule has 2 atom stereocenters. The van der Waals surface area contributed by atoms with E-state index in [1.165, 1.54) is 6.07 Å². The highest BCUT2D eigenvalue weighted by Crippen LogP contribution is 2.29. The van der Waals surface area contributed by atoms with Crippen LogP contribution in [-0.2, 0) is 6.18 Å². The highest BCUT2D eigenvalue weighted by Gasteiger charge is 2.35. The zero-order valence-electron chi connectivity index (χ0n) is 11.9. The normalized spacial score (nSPS) is 23.9. The summed E-state index contributed by atoms with van der Waals surface area (Å²) >= 11 is 0. The summed E-state index contributed by atoms with van der Waals surface area (Å²) in [7, 11) is 2.03. The van der Waals surface area contributed by atoms with E-state index in [9.17, 15) is 13.2 Å². The average Bonchev–Trinajstić information content (AvgIpc) is 2.41. The first-order valence-electron chi connectivity index (χ1n) is 6.69.